The molecule has 6 nitrogen and oxygen atoms in total. The number of phenolic OH excluding ortho intramolecular Hbond substituents is 1. The molecule has 0 saturated heterocycles. The van der Waals surface area contributed by atoms with E-state index in [1.807, 2.05) is 38.1 Å². The van der Waals surface area contributed by atoms with Crippen molar-refractivity contribution in [3.05, 3.63) is 53.3 Å². The Labute approximate surface area is 122 Å². The lowest BCUT2D eigenvalue weighted by atomic mass is 10.1. The molecule has 6 heteroatoms. The summed E-state index contributed by atoms with van der Waals surface area (Å²) in [5.41, 5.74) is 3.55. The third-order valence-corrected chi connectivity index (χ3v) is 3.25. The fourth-order valence-electron chi connectivity index (χ4n) is 2.22. The minimum Gasteiger partial charge on any atom is -0.507 e. The van der Waals surface area contributed by atoms with Crippen LogP contribution in [0.5, 0.6) is 5.75 Å². The fourth-order valence-corrected chi connectivity index (χ4v) is 2.22. The molecule has 1 aromatic carbocycles. The first-order valence-electron chi connectivity index (χ1n) is 6.61. The van der Waals surface area contributed by atoms with E-state index < -0.39 is 0 Å². The summed E-state index contributed by atoms with van der Waals surface area (Å²) >= 11 is 0. The molecular formula is C15H15N5O. The van der Waals surface area contributed by atoms with Crippen LogP contribution in [0.15, 0.2) is 36.7 Å². The van der Waals surface area contributed by atoms with Crippen LogP contribution in [-0.2, 0) is 6.54 Å². The van der Waals surface area contributed by atoms with Gasteiger partial charge in [-0.05, 0) is 47.9 Å². The largest absolute Gasteiger partial charge is 0.507 e. The standard InChI is InChI=1S/C15H15N5O/c1-10-6-12(7-11(2)14(10)21)9-20-18-15(17-19-20)13-4-3-5-16-8-13/h3-8,21H,9H2,1-2H3. The van der Waals surface area contributed by atoms with Gasteiger partial charge in [-0.15, -0.1) is 10.2 Å². The van der Waals surface area contributed by atoms with Crippen LogP contribution in [-0.4, -0.2) is 30.3 Å². The number of hydrogen-bond acceptors (Lipinski definition) is 5. The quantitative estimate of drug-likeness (QED) is 0.795. The monoisotopic (exact) mass is 281 g/mol. The SMILES string of the molecule is Cc1cc(Cn2nnc(-c3cccnc3)n2)cc(C)c1O. The predicted octanol–water partition coefficient (Wildman–Crippen LogP) is 2.11. The lowest BCUT2D eigenvalue weighted by Crippen LogP contribution is -2.04. The van der Waals surface area contributed by atoms with Crippen molar-refractivity contribution in [1.82, 2.24) is 25.2 Å². The second-order valence-electron chi connectivity index (χ2n) is 4.96. The Morgan fingerprint density at radius 3 is 2.62 bits per heavy atom. The highest BCUT2D eigenvalue weighted by molar-refractivity contribution is 5.51. The van der Waals surface area contributed by atoms with Crippen molar-refractivity contribution in [3.8, 4) is 17.1 Å². The van der Waals surface area contributed by atoms with Gasteiger partial charge in [-0.25, -0.2) is 0 Å². The molecule has 106 valence electrons. The zero-order valence-electron chi connectivity index (χ0n) is 11.9. The lowest BCUT2D eigenvalue weighted by Gasteiger charge is -2.06. The molecule has 0 saturated carbocycles. The van der Waals surface area contributed by atoms with E-state index in [1.165, 1.54) is 4.80 Å². The highest BCUT2D eigenvalue weighted by Crippen LogP contribution is 2.23. The van der Waals surface area contributed by atoms with Crippen molar-refractivity contribution in [1.29, 1.82) is 0 Å². The van der Waals surface area contributed by atoms with E-state index in [-0.39, 0.29) is 0 Å². The van der Waals surface area contributed by atoms with Crippen molar-refractivity contribution in [2.24, 2.45) is 0 Å². The molecule has 0 fully saturated rings. The Morgan fingerprint density at radius 2 is 1.95 bits per heavy atom. The maximum Gasteiger partial charge on any atom is 0.206 e. The van der Waals surface area contributed by atoms with Gasteiger partial charge in [0.2, 0.25) is 5.82 Å². The molecule has 0 atom stereocenters. The summed E-state index contributed by atoms with van der Waals surface area (Å²) in [5, 5.41) is 22.2. The highest BCUT2D eigenvalue weighted by atomic mass is 16.3. The zero-order valence-corrected chi connectivity index (χ0v) is 11.9. The van der Waals surface area contributed by atoms with Gasteiger partial charge in [-0.2, -0.15) is 4.80 Å². The second kappa shape index (κ2) is 5.32. The predicted molar refractivity (Wildman–Crippen MR) is 77.7 cm³/mol. The number of phenols is 1. The van der Waals surface area contributed by atoms with Crippen molar-refractivity contribution < 1.29 is 5.11 Å². The second-order valence-corrected chi connectivity index (χ2v) is 4.96. The first-order valence-corrected chi connectivity index (χ1v) is 6.61. The molecule has 2 aromatic heterocycles. The van der Waals surface area contributed by atoms with Crippen molar-refractivity contribution in [2.75, 3.05) is 0 Å². The number of benzene rings is 1. The first kappa shape index (κ1) is 13.2. The number of rotatable bonds is 3. The number of tetrazole rings is 1. The van der Waals surface area contributed by atoms with E-state index in [2.05, 4.69) is 20.4 Å². The van der Waals surface area contributed by atoms with Crippen molar-refractivity contribution in [2.45, 2.75) is 20.4 Å². The highest BCUT2D eigenvalue weighted by Gasteiger charge is 2.08. The average molecular weight is 281 g/mol. The fraction of sp³-hybridized carbons (Fsp3) is 0.200. The number of aromatic nitrogens is 5. The van der Waals surface area contributed by atoms with E-state index in [9.17, 15) is 5.11 Å². The van der Waals surface area contributed by atoms with E-state index in [0.29, 0.717) is 18.1 Å². The van der Waals surface area contributed by atoms with E-state index in [1.54, 1.807) is 12.4 Å². The van der Waals surface area contributed by atoms with Crippen molar-refractivity contribution in [3.63, 3.8) is 0 Å². The van der Waals surface area contributed by atoms with Crippen LogP contribution < -0.4 is 0 Å². The Bertz CT molecular complexity index is 744. The summed E-state index contributed by atoms with van der Waals surface area (Å²) in [5.74, 6) is 0.886. The Hall–Kier alpha value is -2.76. The maximum atomic E-state index is 9.79. The van der Waals surface area contributed by atoms with Gasteiger partial charge in [-0.3, -0.25) is 4.98 Å². The smallest absolute Gasteiger partial charge is 0.206 e. The normalized spacial score (nSPS) is 10.8. The average Bonchev–Trinajstić information content (AvgIpc) is 2.94. The molecule has 3 rings (SSSR count). The summed E-state index contributed by atoms with van der Waals surface area (Å²) in [6.45, 7) is 4.26. The van der Waals surface area contributed by atoms with E-state index >= 15 is 0 Å². The number of nitrogens with zero attached hydrogens (tertiary/aromatic N) is 5. The number of pyridine rings is 1. The van der Waals surface area contributed by atoms with Gasteiger partial charge in [0.25, 0.3) is 0 Å². The molecule has 3 aromatic rings. The van der Waals surface area contributed by atoms with Gasteiger partial charge in [-0.1, -0.05) is 12.1 Å². The third kappa shape index (κ3) is 2.74. The molecule has 0 bridgehead atoms. The summed E-state index contributed by atoms with van der Waals surface area (Å²) < 4.78 is 0. The molecule has 21 heavy (non-hydrogen) atoms. The zero-order chi connectivity index (χ0) is 14.8. The maximum absolute atomic E-state index is 9.79. The van der Waals surface area contributed by atoms with Crippen LogP contribution in [0, 0.1) is 13.8 Å². The number of hydrogen-bond donors (Lipinski definition) is 1. The lowest BCUT2D eigenvalue weighted by molar-refractivity contribution is 0.466. The van der Waals surface area contributed by atoms with Crippen LogP contribution in [0.25, 0.3) is 11.4 Å². The van der Waals surface area contributed by atoms with Gasteiger partial charge in [0.1, 0.15) is 5.75 Å². The van der Waals surface area contributed by atoms with Crippen LogP contribution in [0.2, 0.25) is 0 Å². The Kier molecular flexibility index (Phi) is 3.35. The molecule has 2 heterocycles. The summed E-state index contributed by atoms with van der Waals surface area (Å²) in [6.07, 6.45) is 3.41. The van der Waals surface area contributed by atoms with Gasteiger partial charge in [0, 0.05) is 18.0 Å². The molecule has 0 amide bonds. The first-order chi connectivity index (χ1) is 10.1. The van der Waals surface area contributed by atoms with E-state index in [0.717, 1.165) is 22.3 Å². The third-order valence-electron chi connectivity index (χ3n) is 3.25. The molecule has 0 spiro atoms. The van der Waals surface area contributed by atoms with Crippen LogP contribution in [0.3, 0.4) is 0 Å². The van der Waals surface area contributed by atoms with E-state index in [4.69, 9.17) is 0 Å². The molecule has 1 N–H and O–H groups in total. The van der Waals surface area contributed by atoms with Crippen LogP contribution in [0.1, 0.15) is 16.7 Å². The number of aromatic hydroxyl groups is 1. The molecule has 0 aliphatic heterocycles. The molecule has 0 aliphatic carbocycles. The van der Waals surface area contributed by atoms with Crippen LogP contribution in [0.4, 0.5) is 0 Å². The topological polar surface area (TPSA) is 76.7 Å². The summed E-state index contributed by atoms with van der Waals surface area (Å²) in [4.78, 5) is 5.58. The summed E-state index contributed by atoms with van der Waals surface area (Å²) in [7, 11) is 0. The minimum atomic E-state index is 0.335. The molecule has 0 aliphatic rings. The molecule has 0 unspecified atom stereocenters. The van der Waals surface area contributed by atoms with Crippen LogP contribution >= 0.6 is 0 Å². The Morgan fingerprint density at radius 1 is 1.19 bits per heavy atom. The molecule has 0 radical (unpaired) electrons. The Balaban J connectivity index is 1.85. The minimum absolute atomic E-state index is 0.335. The summed E-state index contributed by atoms with van der Waals surface area (Å²) in [6, 6.07) is 7.58. The van der Waals surface area contributed by atoms with Gasteiger partial charge in [0.15, 0.2) is 0 Å². The molecular weight excluding hydrogens is 266 g/mol. The number of aryl methyl sites for hydroxylation is 2. The van der Waals surface area contributed by atoms with Gasteiger partial charge in [0.05, 0.1) is 6.54 Å². The van der Waals surface area contributed by atoms with Gasteiger partial charge < -0.3 is 5.11 Å². The van der Waals surface area contributed by atoms with Crippen molar-refractivity contribution >= 4 is 0 Å². The van der Waals surface area contributed by atoms with Gasteiger partial charge >= 0.3 is 0 Å².